The molecule has 18 heavy (non-hydrogen) atoms. The zero-order valence-electron chi connectivity index (χ0n) is 10.6. The molecule has 0 aromatic rings. The van der Waals surface area contributed by atoms with E-state index in [1.807, 2.05) is 9.80 Å². The second kappa shape index (κ2) is 6.15. The first kappa shape index (κ1) is 13.3. The number of hydrogen-bond donors (Lipinski definition) is 2. The van der Waals surface area contributed by atoms with Crippen molar-refractivity contribution in [2.24, 2.45) is 5.92 Å². The van der Waals surface area contributed by atoms with Crippen molar-refractivity contribution in [3.05, 3.63) is 0 Å². The number of nitrogens with zero attached hydrogens (tertiary/aromatic N) is 2. The maximum atomic E-state index is 11.9. The van der Waals surface area contributed by atoms with Gasteiger partial charge >= 0.3 is 5.97 Å². The lowest BCUT2D eigenvalue weighted by Crippen LogP contribution is -2.51. The highest BCUT2D eigenvalue weighted by Crippen LogP contribution is 2.27. The molecule has 1 heterocycles. The summed E-state index contributed by atoms with van der Waals surface area (Å²) in [7, 11) is 0. The molecule has 2 aliphatic rings. The van der Waals surface area contributed by atoms with Gasteiger partial charge in [0.05, 0.1) is 13.1 Å². The predicted octanol–water partition coefficient (Wildman–Crippen LogP) is -0.785. The molecule has 0 atom stereocenters. The monoisotopic (exact) mass is 255 g/mol. The summed E-state index contributed by atoms with van der Waals surface area (Å²) < 4.78 is 0. The summed E-state index contributed by atoms with van der Waals surface area (Å²) >= 11 is 0. The van der Waals surface area contributed by atoms with Crippen LogP contribution in [0, 0.1) is 5.92 Å². The van der Waals surface area contributed by atoms with Crippen LogP contribution in [0.1, 0.15) is 12.8 Å². The van der Waals surface area contributed by atoms with E-state index in [0.29, 0.717) is 32.7 Å². The van der Waals surface area contributed by atoms with E-state index in [4.69, 9.17) is 5.11 Å². The van der Waals surface area contributed by atoms with Crippen LogP contribution in [0.25, 0.3) is 0 Å². The summed E-state index contributed by atoms with van der Waals surface area (Å²) in [5, 5.41) is 11.9. The topological polar surface area (TPSA) is 72.9 Å². The standard InChI is InChI=1S/C12H21N3O3/c16-11(8-13-7-10-1-2-10)15-5-3-14(4-6-15)9-12(17)18/h10,13H,1-9H2,(H,17,18). The highest BCUT2D eigenvalue weighted by atomic mass is 16.4. The first-order valence-corrected chi connectivity index (χ1v) is 6.58. The van der Waals surface area contributed by atoms with Gasteiger partial charge in [-0.05, 0) is 25.3 Å². The third kappa shape index (κ3) is 4.27. The number of piperazine rings is 1. The molecular weight excluding hydrogens is 234 g/mol. The molecule has 0 unspecified atom stereocenters. The molecule has 1 aliphatic heterocycles. The number of carboxylic acid groups (broad SMARTS) is 1. The van der Waals surface area contributed by atoms with Crippen LogP contribution >= 0.6 is 0 Å². The Morgan fingerprint density at radius 3 is 2.39 bits per heavy atom. The lowest BCUT2D eigenvalue weighted by atomic mass is 10.3. The van der Waals surface area contributed by atoms with Gasteiger partial charge in [0.25, 0.3) is 0 Å². The number of aliphatic carboxylic acids is 1. The molecule has 102 valence electrons. The van der Waals surface area contributed by atoms with Crippen molar-refractivity contribution >= 4 is 11.9 Å². The average Bonchev–Trinajstić information content (AvgIpc) is 3.13. The maximum Gasteiger partial charge on any atom is 0.317 e. The second-order valence-corrected chi connectivity index (χ2v) is 5.12. The first-order chi connectivity index (χ1) is 8.65. The van der Waals surface area contributed by atoms with Crippen LogP contribution in [0.15, 0.2) is 0 Å². The summed E-state index contributed by atoms with van der Waals surface area (Å²) in [4.78, 5) is 26.1. The smallest absolute Gasteiger partial charge is 0.317 e. The van der Waals surface area contributed by atoms with Crippen LogP contribution in [-0.4, -0.2) is 72.6 Å². The number of nitrogens with one attached hydrogen (secondary N) is 1. The number of hydrogen-bond acceptors (Lipinski definition) is 4. The molecule has 1 saturated carbocycles. The Kier molecular flexibility index (Phi) is 4.54. The van der Waals surface area contributed by atoms with Gasteiger partial charge in [0.2, 0.25) is 5.91 Å². The van der Waals surface area contributed by atoms with Crippen molar-refractivity contribution in [2.45, 2.75) is 12.8 Å². The minimum Gasteiger partial charge on any atom is -0.480 e. The average molecular weight is 255 g/mol. The molecule has 2 N–H and O–H groups in total. The van der Waals surface area contributed by atoms with Crippen LogP contribution in [-0.2, 0) is 9.59 Å². The minimum absolute atomic E-state index is 0.0714. The summed E-state index contributed by atoms with van der Waals surface area (Å²) in [6, 6.07) is 0. The normalized spacial score (nSPS) is 21.0. The predicted molar refractivity (Wildman–Crippen MR) is 66.2 cm³/mol. The van der Waals surface area contributed by atoms with Gasteiger partial charge < -0.3 is 15.3 Å². The molecule has 6 nitrogen and oxygen atoms in total. The Morgan fingerprint density at radius 1 is 1.17 bits per heavy atom. The van der Waals surface area contributed by atoms with E-state index in [1.54, 1.807) is 0 Å². The SMILES string of the molecule is O=C(O)CN1CCN(C(=O)CNCC2CC2)CC1. The summed E-state index contributed by atoms with van der Waals surface area (Å²) in [6.45, 7) is 4.01. The van der Waals surface area contributed by atoms with Crippen LogP contribution < -0.4 is 5.32 Å². The zero-order valence-corrected chi connectivity index (χ0v) is 10.6. The van der Waals surface area contributed by atoms with Crippen molar-refractivity contribution in [1.82, 2.24) is 15.1 Å². The van der Waals surface area contributed by atoms with E-state index in [2.05, 4.69) is 5.32 Å². The molecule has 2 rings (SSSR count). The third-order valence-electron chi connectivity index (χ3n) is 3.49. The van der Waals surface area contributed by atoms with Crippen LogP contribution in [0.3, 0.4) is 0 Å². The van der Waals surface area contributed by atoms with E-state index in [-0.39, 0.29) is 12.5 Å². The van der Waals surface area contributed by atoms with Crippen molar-refractivity contribution < 1.29 is 14.7 Å². The van der Waals surface area contributed by atoms with Crippen molar-refractivity contribution in [1.29, 1.82) is 0 Å². The van der Waals surface area contributed by atoms with E-state index in [0.717, 1.165) is 12.5 Å². The van der Waals surface area contributed by atoms with Gasteiger partial charge in [-0.1, -0.05) is 0 Å². The van der Waals surface area contributed by atoms with Gasteiger partial charge in [0, 0.05) is 26.2 Å². The molecule has 0 bridgehead atoms. The Balaban J connectivity index is 1.61. The minimum atomic E-state index is -0.805. The molecule has 0 aromatic carbocycles. The number of rotatable bonds is 6. The molecule has 0 aromatic heterocycles. The van der Waals surface area contributed by atoms with Gasteiger partial charge in [-0.15, -0.1) is 0 Å². The summed E-state index contributed by atoms with van der Waals surface area (Å²) in [6.07, 6.45) is 2.57. The molecule has 1 saturated heterocycles. The van der Waals surface area contributed by atoms with Gasteiger partial charge in [0.15, 0.2) is 0 Å². The van der Waals surface area contributed by atoms with Crippen LogP contribution in [0.2, 0.25) is 0 Å². The summed E-state index contributed by atoms with van der Waals surface area (Å²) in [5.41, 5.74) is 0. The lowest BCUT2D eigenvalue weighted by Gasteiger charge is -2.33. The molecule has 1 amide bonds. The van der Waals surface area contributed by atoms with E-state index in [1.165, 1.54) is 12.8 Å². The maximum absolute atomic E-state index is 11.9. The van der Waals surface area contributed by atoms with Gasteiger partial charge in [-0.3, -0.25) is 14.5 Å². The molecule has 6 heteroatoms. The lowest BCUT2D eigenvalue weighted by molar-refractivity contribution is -0.139. The van der Waals surface area contributed by atoms with Crippen LogP contribution in [0.4, 0.5) is 0 Å². The van der Waals surface area contributed by atoms with E-state index < -0.39 is 5.97 Å². The molecule has 1 aliphatic carbocycles. The Hall–Kier alpha value is -1.14. The summed E-state index contributed by atoms with van der Waals surface area (Å²) in [5.74, 6) is 0.108. The van der Waals surface area contributed by atoms with Gasteiger partial charge in [-0.2, -0.15) is 0 Å². The Labute approximate surface area is 107 Å². The van der Waals surface area contributed by atoms with Crippen molar-refractivity contribution in [2.75, 3.05) is 45.8 Å². The van der Waals surface area contributed by atoms with Crippen molar-refractivity contribution in [3.63, 3.8) is 0 Å². The fourth-order valence-electron chi connectivity index (χ4n) is 2.16. The Morgan fingerprint density at radius 2 is 1.83 bits per heavy atom. The quantitative estimate of drug-likeness (QED) is 0.651. The van der Waals surface area contributed by atoms with Gasteiger partial charge in [0.1, 0.15) is 0 Å². The second-order valence-electron chi connectivity index (χ2n) is 5.12. The molecular formula is C12H21N3O3. The zero-order chi connectivity index (χ0) is 13.0. The Bertz CT molecular complexity index is 310. The highest BCUT2D eigenvalue weighted by molar-refractivity contribution is 5.78. The van der Waals surface area contributed by atoms with Crippen LogP contribution in [0.5, 0.6) is 0 Å². The fourth-order valence-corrected chi connectivity index (χ4v) is 2.16. The van der Waals surface area contributed by atoms with E-state index in [9.17, 15) is 9.59 Å². The molecule has 0 spiro atoms. The first-order valence-electron chi connectivity index (χ1n) is 6.58. The van der Waals surface area contributed by atoms with Crippen molar-refractivity contribution in [3.8, 4) is 0 Å². The number of amides is 1. The molecule has 2 fully saturated rings. The number of carbonyl (C=O) groups is 2. The number of carbonyl (C=O) groups excluding carboxylic acids is 1. The fraction of sp³-hybridized carbons (Fsp3) is 0.833. The van der Waals surface area contributed by atoms with Gasteiger partial charge in [-0.25, -0.2) is 0 Å². The van der Waals surface area contributed by atoms with E-state index >= 15 is 0 Å². The number of carboxylic acids is 1. The highest BCUT2D eigenvalue weighted by Gasteiger charge is 2.23. The largest absolute Gasteiger partial charge is 0.480 e. The third-order valence-corrected chi connectivity index (χ3v) is 3.49. The molecule has 0 radical (unpaired) electrons.